The van der Waals surface area contributed by atoms with Crippen molar-refractivity contribution in [2.75, 3.05) is 26.2 Å². The Hall–Kier alpha value is -1.88. The van der Waals surface area contributed by atoms with Gasteiger partial charge in [0.05, 0.1) is 0 Å². The van der Waals surface area contributed by atoms with Crippen LogP contribution in [0.2, 0.25) is 0 Å². The molecule has 0 aromatic heterocycles. The molecule has 5 nitrogen and oxygen atoms in total. The van der Waals surface area contributed by atoms with Crippen LogP contribution in [0, 0.1) is 13.8 Å². The van der Waals surface area contributed by atoms with E-state index in [9.17, 15) is 14.7 Å². The number of carboxylic acid groups (broad SMARTS) is 1. The lowest BCUT2D eigenvalue weighted by atomic mass is 9.96. The third kappa shape index (κ3) is 3.47. The summed E-state index contributed by atoms with van der Waals surface area (Å²) in [5.41, 5.74) is 2.98. The van der Waals surface area contributed by atoms with Crippen molar-refractivity contribution in [2.45, 2.75) is 33.2 Å². The molecule has 120 valence electrons. The predicted molar refractivity (Wildman–Crippen MR) is 84.7 cm³/mol. The van der Waals surface area contributed by atoms with Gasteiger partial charge in [0.15, 0.2) is 0 Å². The summed E-state index contributed by atoms with van der Waals surface area (Å²) in [4.78, 5) is 27.2. The summed E-state index contributed by atoms with van der Waals surface area (Å²) in [5, 5.41) is 9.74. The highest BCUT2D eigenvalue weighted by Gasteiger charge is 2.30. The summed E-state index contributed by atoms with van der Waals surface area (Å²) in [5.74, 6) is -0.773. The summed E-state index contributed by atoms with van der Waals surface area (Å²) < 4.78 is 0. The Labute approximate surface area is 131 Å². The summed E-state index contributed by atoms with van der Waals surface area (Å²) in [6, 6.07) is 5.16. The highest BCUT2D eigenvalue weighted by molar-refractivity contribution is 5.76. The number of aryl methyl sites for hydroxylation is 1. The molecule has 1 atom stereocenters. The molecule has 2 rings (SSSR count). The molecule has 22 heavy (non-hydrogen) atoms. The Kier molecular flexibility index (Phi) is 5.19. The zero-order chi connectivity index (χ0) is 16.3. The van der Waals surface area contributed by atoms with E-state index in [1.54, 1.807) is 11.8 Å². The number of hydrogen-bond acceptors (Lipinski definition) is 3. The molecule has 1 fully saturated rings. The second-order valence-corrected chi connectivity index (χ2v) is 5.93. The minimum atomic E-state index is -0.829. The Morgan fingerprint density at radius 3 is 2.50 bits per heavy atom. The Balaban J connectivity index is 2.27. The van der Waals surface area contributed by atoms with E-state index >= 15 is 0 Å². The largest absolute Gasteiger partial charge is 0.480 e. The van der Waals surface area contributed by atoms with E-state index in [1.807, 2.05) is 36.9 Å². The van der Waals surface area contributed by atoms with Gasteiger partial charge in [-0.3, -0.25) is 14.5 Å². The van der Waals surface area contributed by atoms with E-state index in [1.165, 1.54) is 0 Å². The van der Waals surface area contributed by atoms with Crippen molar-refractivity contribution in [1.82, 2.24) is 9.80 Å². The minimum absolute atomic E-state index is 0.0560. The van der Waals surface area contributed by atoms with Gasteiger partial charge in [-0.05, 0) is 37.0 Å². The van der Waals surface area contributed by atoms with Gasteiger partial charge < -0.3 is 10.0 Å². The van der Waals surface area contributed by atoms with Gasteiger partial charge in [0.25, 0.3) is 0 Å². The lowest BCUT2D eigenvalue weighted by molar-refractivity contribution is -0.143. The smallest absolute Gasteiger partial charge is 0.325 e. The molecule has 0 bridgehead atoms. The quantitative estimate of drug-likeness (QED) is 0.927. The maximum Gasteiger partial charge on any atom is 0.325 e. The van der Waals surface area contributed by atoms with Crippen LogP contribution in [0.1, 0.15) is 36.1 Å². The van der Waals surface area contributed by atoms with Crippen molar-refractivity contribution in [3.05, 3.63) is 34.9 Å². The fourth-order valence-corrected chi connectivity index (χ4v) is 3.07. The Bertz CT molecular complexity index is 571. The fourth-order valence-electron chi connectivity index (χ4n) is 3.07. The summed E-state index contributed by atoms with van der Waals surface area (Å²) >= 11 is 0. The van der Waals surface area contributed by atoms with Gasteiger partial charge in [-0.1, -0.05) is 18.2 Å². The number of aliphatic carboxylic acids is 1. The van der Waals surface area contributed by atoms with E-state index in [0.29, 0.717) is 26.2 Å². The standard InChI is InChI=1S/C17H24N2O3/c1-12-6-4-7-15(13(12)2)16(17(21)22)19-9-5-8-18(10-11-19)14(3)20/h4,6-7,16H,5,8-11H2,1-3H3,(H,21,22)/t16-/m1/s1. The van der Waals surface area contributed by atoms with Crippen LogP contribution >= 0.6 is 0 Å². The van der Waals surface area contributed by atoms with Crippen molar-refractivity contribution < 1.29 is 14.7 Å². The van der Waals surface area contributed by atoms with Crippen LogP contribution in [-0.2, 0) is 9.59 Å². The molecule has 1 heterocycles. The van der Waals surface area contributed by atoms with Gasteiger partial charge in [0.1, 0.15) is 6.04 Å². The summed E-state index contributed by atoms with van der Waals surface area (Å²) in [6.07, 6.45) is 0.800. The van der Waals surface area contributed by atoms with E-state index in [-0.39, 0.29) is 5.91 Å². The first-order valence-electron chi connectivity index (χ1n) is 7.70. The van der Waals surface area contributed by atoms with Crippen LogP contribution in [0.15, 0.2) is 18.2 Å². The molecular formula is C17H24N2O3. The topological polar surface area (TPSA) is 60.9 Å². The second-order valence-electron chi connectivity index (χ2n) is 5.93. The molecule has 1 N–H and O–H groups in total. The highest BCUT2D eigenvalue weighted by Crippen LogP contribution is 2.27. The van der Waals surface area contributed by atoms with Crippen molar-refractivity contribution >= 4 is 11.9 Å². The van der Waals surface area contributed by atoms with Crippen molar-refractivity contribution in [3.8, 4) is 0 Å². The fraction of sp³-hybridized carbons (Fsp3) is 0.529. The normalized spacial score (nSPS) is 17.9. The van der Waals surface area contributed by atoms with Crippen LogP contribution in [0.5, 0.6) is 0 Å². The molecule has 0 aliphatic carbocycles. The molecule has 0 spiro atoms. The number of hydrogen-bond donors (Lipinski definition) is 1. The maximum absolute atomic E-state index is 11.9. The number of benzene rings is 1. The molecule has 1 aromatic carbocycles. The third-order valence-electron chi connectivity index (χ3n) is 4.52. The predicted octanol–water partition coefficient (Wildman–Crippen LogP) is 1.98. The molecule has 1 aliphatic rings. The number of carbonyl (C=O) groups excluding carboxylic acids is 1. The summed E-state index contributed by atoms with van der Waals surface area (Å²) in [6.45, 7) is 8.10. The summed E-state index contributed by atoms with van der Waals surface area (Å²) in [7, 11) is 0. The SMILES string of the molecule is CC(=O)N1CCCN([C@@H](C(=O)O)c2cccc(C)c2C)CC1. The molecule has 1 aliphatic heterocycles. The van der Waals surface area contributed by atoms with E-state index in [4.69, 9.17) is 0 Å². The molecule has 0 saturated carbocycles. The molecule has 1 saturated heterocycles. The number of amides is 1. The Morgan fingerprint density at radius 2 is 1.86 bits per heavy atom. The molecule has 1 aromatic rings. The lowest BCUT2D eigenvalue weighted by Gasteiger charge is -2.29. The van der Waals surface area contributed by atoms with Crippen molar-refractivity contribution in [2.24, 2.45) is 0 Å². The van der Waals surface area contributed by atoms with Gasteiger partial charge in [0.2, 0.25) is 5.91 Å². The van der Waals surface area contributed by atoms with Gasteiger partial charge in [0, 0.05) is 33.1 Å². The third-order valence-corrected chi connectivity index (χ3v) is 4.52. The molecule has 0 unspecified atom stereocenters. The zero-order valence-corrected chi connectivity index (χ0v) is 13.5. The second kappa shape index (κ2) is 6.92. The van der Waals surface area contributed by atoms with E-state index in [0.717, 1.165) is 23.1 Å². The van der Waals surface area contributed by atoms with Gasteiger partial charge in [-0.15, -0.1) is 0 Å². The average molecular weight is 304 g/mol. The number of nitrogens with zero attached hydrogens (tertiary/aromatic N) is 2. The van der Waals surface area contributed by atoms with Crippen LogP contribution in [0.3, 0.4) is 0 Å². The van der Waals surface area contributed by atoms with E-state index in [2.05, 4.69) is 0 Å². The highest BCUT2D eigenvalue weighted by atomic mass is 16.4. The molecule has 1 amide bonds. The van der Waals surface area contributed by atoms with Crippen molar-refractivity contribution in [1.29, 1.82) is 0 Å². The van der Waals surface area contributed by atoms with Crippen molar-refractivity contribution in [3.63, 3.8) is 0 Å². The first-order chi connectivity index (χ1) is 10.4. The van der Waals surface area contributed by atoms with Crippen LogP contribution < -0.4 is 0 Å². The maximum atomic E-state index is 11.9. The lowest BCUT2D eigenvalue weighted by Crippen LogP contribution is -2.38. The average Bonchev–Trinajstić information content (AvgIpc) is 2.69. The zero-order valence-electron chi connectivity index (χ0n) is 13.5. The van der Waals surface area contributed by atoms with E-state index < -0.39 is 12.0 Å². The van der Waals surface area contributed by atoms with Gasteiger partial charge >= 0.3 is 5.97 Å². The molecule has 5 heteroatoms. The van der Waals surface area contributed by atoms with Gasteiger partial charge in [-0.25, -0.2) is 0 Å². The first kappa shape index (κ1) is 16.5. The monoisotopic (exact) mass is 304 g/mol. The van der Waals surface area contributed by atoms with Crippen LogP contribution in [0.4, 0.5) is 0 Å². The van der Waals surface area contributed by atoms with Crippen LogP contribution in [-0.4, -0.2) is 53.0 Å². The van der Waals surface area contributed by atoms with Crippen LogP contribution in [0.25, 0.3) is 0 Å². The Morgan fingerprint density at radius 1 is 1.14 bits per heavy atom. The number of rotatable bonds is 3. The molecular weight excluding hydrogens is 280 g/mol. The van der Waals surface area contributed by atoms with Gasteiger partial charge in [-0.2, -0.15) is 0 Å². The molecule has 0 radical (unpaired) electrons. The minimum Gasteiger partial charge on any atom is -0.480 e. The first-order valence-corrected chi connectivity index (χ1v) is 7.70. The number of carbonyl (C=O) groups is 2. The number of carboxylic acids is 1.